The molecule has 0 aliphatic rings. The van der Waals surface area contributed by atoms with Gasteiger partial charge >= 0.3 is 0 Å². The molecule has 5 heteroatoms. The number of anilines is 1. The third kappa shape index (κ3) is 3.54. The average Bonchev–Trinajstić information content (AvgIpc) is 2.31. The minimum Gasteiger partial charge on any atom is -0.378 e. The van der Waals surface area contributed by atoms with E-state index in [-0.39, 0.29) is 0 Å². The zero-order chi connectivity index (χ0) is 12.0. The third-order valence-electron chi connectivity index (χ3n) is 1.82. The minimum atomic E-state index is 0.382. The quantitative estimate of drug-likeness (QED) is 0.493. The molecule has 1 rings (SSSR count). The molecular formula is C11H10ClN3S. The zero-order valence-electron chi connectivity index (χ0n) is 8.62. The molecular weight excluding hydrogens is 242 g/mol. The Morgan fingerprint density at radius 3 is 2.56 bits per heavy atom. The van der Waals surface area contributed by atoms with Gasteiger partial charge in [0.1, 0.15) is 16.6 Å². The van der Waals surface area contributed by atoms with Crippen LogP contribution in [-0.2, 0) is 0 Å². The first-order valence-electron chi connectivity index (χ1n) is 4.52. The molecule has 0 unspecified atom stereocenters. The SMILES string of the molecule is CNC(=S)C(C#N)=CNc1ccc(Cl)cc1. The molecule has 0 amide bonds. The Labute approximate surface area is 105 Å². The van der Waals surface area contributed by atoms with Crippen molar-refractivity contribution in [3.63, 3.8) is 0 Å². The summed E-state index contributed by atoms with van der Waals surface area (Å²) in [5.74, 6) is 0. The van der Waals surface area contributed by atoms with Gasteiger partial charge in [-0.25, -0.2) is 0 Å². The van der Waals surface area contributed by atoms with E-state index in [1.165, 1.54) is 0 Å². The normalized spacial score (nSPS) is 10.4. The van der Waals surface area contributed by atoms with Gasteiger partial charge in [-0.3, -0.25) is 0 Å². The first kappa shape index (κ1) is 12.5. The molecule has 3 nitrogen and oxygen atoms in total. The van der Waals surface area contributed by atoms with Gasteiger partial charge < -0.3 is 10.6 Å². The van der Waals surface area contributed by atoms with Crippen molar-refractivity contribution in [1.29, 1.82) is 5.26 Å². The van der Waals surface area contributed by atoms with Crippen LogP contribution >= 0.6 is 23.8 Å². The molecule has 0 fully saturated rings. The van der Waals surface area contributed by atoms with E-state index in [1.54, 1.807) is 25.4 Å². The summed E-state index contributed by atoms with van der Waals surface area (Å²) in [6.07, 6.45) is 1.56. The fourth-order valence-electron chi connectivity index (χ4n) is 0.985. The van der Waals surface area contributed by atoms with Gasteiger partial charge in [-0.15, -0.1) is 0 Å². The molecule has 82 valence electrons. The maximum atomic E-state index is 8.84. The van der Waals surface area contributed by atoms with Gasteiger partial charge in [0.2, 0.25) is 0 Å². The van der Waals surface area contributed by atoms with Crippen LogP contribution in [0.15, 0.2) is 36.0 Å². The number of nitrogens with one attached hydrogen (secondary N) is 2. The summed E-state index contributed by atoms with van der Waals surface area (Å²) in [5.41, 5.74) is 1.23. The van der Waals surface area contributed by atoms with E-state index in [2.05, 4.69) is 10.6 Å². The number of thiocarbonyl (C=S) groups is 1. The van der Waals surface area contributed by atoms with E-state index in [4.69, 9.17) is 29.1 Å². The lowest BCUT2D eigenvalue weighted by molar-refractivity contribution is 1.20. The molecule has 0 saturated carbocycles. The average molecular weight is 252 g/mol. The highest BCUT2D eigenvalue weighted by Crippen LogP contribution is 2.13. The van der Waals surface area contributed by atoms with E-state index in [1.807, 2.05) is 18.2 Å². The minimum absolute atomic E-state index is 0.382. The van der Waals surface area contributed by atoms with Crippen LogP contribution in [0, 0.1) is 11.3 Å². The predicted octanol–water partition coefficient (Wildman–Crippen LogP) is 2.71. The van der Waals surface area contributed by atoms with E-state index in [9.17, 15) is 0 Å². The number of nitriles is 1. The molecule has 0 heterocycles. The molecule has 0 spiro atoms. The molecule has 0 saturated heterocycles. The zero-order valence-corrected chi connectivity index (χ0v) is 10.2. The van der Waals surface area contributed by atoms with Crippen LogP contribution in [0.1, 0.15) is 0 Å². The largest absolute Gasteiger partial charge is 0.378 e. The topological polar surface area (TPSA) is 47.9 Å². The van der Waals surface area contributed by atoms with Crippen molar-refractivity contribution in [2.45, 2.75) is 0 Å². The van der Waals surface area contributed by atoms with Gasteiger partial charge in [0.15, 0.2) is 0 Å². The van der Waals surface area contributed by atoms with Crippen LogP contribution in [0.4, 0.5) is 5.69 Å². The van der Waals surface area contributed by atoms with Crippen molar-refractivity contribution in [2.24, 2.45) is 0 Å². The van der Waals surface area contributed by atoms with Gasteiger partial charge in [-0.05, 0) is 24.3 Å². The molecule has 0 bridgehead atoms. The molecule has 2 N–H and O–H groups in total. The number of hydrogen-bond acceptors (Lipinski definition) is 3. The summed E-state index contributed by atoms with van der Waals surface area (Å²) in [5, 5.41) is 15.2. The van der Waals surface area contributed by atoms with E-state index in [0.717, 1.165) is 5.69 Å². The second-order valence-corrected chi connectivity index (χ2v) is 3.74. The first-order chi connectivity index (χ1) is 7.67. The standard InChI is InChI=1S/C11H10ClN3S/c1-14-11(16)8(6-13)7-15-10-4-2-9(12)3-5-10/h2-5,7,15H,1H3,(H,14,16). The lowest BCUT2D eigenvalue weighted by Gasteiger charge is -2.03. The predicted molar refractivity (Wildman–Crippen MR) is 70.4 cm³/mol. The van der Waals surface area contributed by atoms with Gasteiger partial charge in [-0.1, -0.05) is 23.8 Å². The van der Waals surface area contributed by atoms with Crippen LogP contribution in [0.2, 0.25) is 5.02 Å². The molecule has 1 aromatic carbocycles. The molecule has 16 heavy (non-hydrogen) atoms. The van der Waals surface area contributed by atoms with Crippen LogP contribution in [-0.4, -0.2) is 12.0 Å². The summed E-state index contributed by atoms with van der Waals surface area (Å²) in [4.78, 5) is 0.406. The third-order valence-corrected chi connectivity index (χ3v) is 2.50. The Kier molecular flexibility index (Phi) is 4.77. The molecule has 0 radical (unpaired) electrons. The Morgan fingerprint density at radius 2 is 2.06 bits per heavy atom. The smallest absolute Gasteiger partial charge is 0.118 e. The first-order valence-corrected chi connectivity index (χ1v) is 5.30. The number of hydrogen-bond donors (Lipinski definition) is 2. The number of nitrogens with zero attached hydrogens (tertiary/aromatic N) is 1. The Hall–Kier alpha value is -1.57. The molecule has 0 atom stereocenters. The highest BCUT2D eigenvalue weighted by atomic mass is 35.5. The summed E-state index contributed by atoms with van der Waals surface area (Å²) in [7, 11) is 1.68. The lowest BCUT2D eigenvalue weighted by Crippen LogP contribution is -2.17. The maximum Gasteiger partial charge on any atom is 0.118 e. The van der Waals surface area contributed by atoms with Crippen molar-refractivity contribution >= 4 is 34.5 Å². The van der Waals surface area contributed by atoms with Crippen molar-refractivity contribution in [2.75, 3.05) is 12.4 Å². The number of rotatable bonds is 3. The maximum absolute atomic E-state index is 8.84. The van der Waals surface area contributed by atoms with E-state index in [0.29, 0.717) is 15.6 Å². The van der Waals surface area contributed by atoms with Gasteiger partial charge in [-0.2, -0.15) is 5.26 Å². The van der Waals surface area contributed by atoms with E-state index >= 15 is 0 Å². The summed E-state index contributed by atoms with van der Waals surface area (Å²) in [6.45, 7) is 0. The fourth-order valence-corrected chi connectivity index (χ4v) is 1.22. The second kappa shape index (κ2) is 6.11. The highest BCUT2D eigenvalue weighted by Gasteiger charge is 2.00. The van der Waals surface area contributed by atoms with Gasteiger partial charge in [0.25, 0.3) is 0 Å². The Bertz CT molecular complexity index is 445. The van der Waals surface area contributed by atoms with Crippen LogP contribution in [0.25, 0.3) is 0 Å². The number of likely N-dealkylation sites (N-methyl/N-ethyl adjacent to an activating group) is 1. The monoisotopic (exact) mass is 251 g/mol. The van der Waals surface area contributed by atoms with Crippen molar-refractivity contribution < 1.29 is 0 Å². The van der Waals surface area contributed by atoms with E-state index < -0.39 is 0 Å². The summed E-state index contributed by atoms with van der Waals surface area (Å²) in [6, 6.07) is 9.16. The molecule has 1 aromatic rings. The fraction of sp³-hybridized carbons (Fsp3) is 0.0909. The number of benzene rings is 1. The Balaban J connectivity index is 2.75. The molecule has 0 aliphatic carbocycles. The van der Waals surface area contributed by atoms with Gasteiger partial charge in [0.05, 0.1) is 0 Å². The highest BCUT2D eigenvalue weighted by molar-refractivity contribution is 7.80. The molecule has 0 aromatic heterocycles. The molecule has 0 aliphatic heterocycles. The lowest BCUT2D eigenvalue weighted by atomic mass is 10.3. The van der Waals surface area contributed by atoms with Crippen LogP contribution < -0.4 is 10.6 Å². The van der Waals surface area contributed by atoms with Crippen molar-refractivity contribution in [1.82, 2.24) is 5.32 Å². The second-order valence-electron chi connectivity index (χ2n) is 2.90. The number of halogens is 1. The summed E-state index contributed by atoms with van der Waals surface area (Å²) < 4.78 is 0. The van der Waals surface area contributed by atoms with Gasteiger partial charge in [0, 0.05) is 24.0 Å². The van der Waals surface area contributed by atoms with Crippen LogP contribution in [0.5, 0.6) is 0 Å². The Morgan fingerprint density at radius 1 is 1.44 bits per heavy atom. The van der Waals surface area contributed by atoms with Crippen LogP contribution in [0.3, 0.4) is 0 Å². The van der Waals surface area contributed by atoms with Crippen molar-refractivity contribution in [3.05, 3.63) is 41.1 Å². The summed E-state index contributed by atoms with van der Waals surface area (Å²) >= 11 is 10.7. The van der Waals surface area contributed by atoms with Crippen molar-refractivity contribution in [3.8, 4) is 6.07 Å².